The van der Waals surface area contributed by atoms with Crippen molar-refractivity contribution in [2.24, 2.45) is 5.92 Å². The summed E-state index contributed by atoms with van der Waals surface area (Å²) in [6, 6.07) is 7.77. The fourth-order valence-electron chi connectivity index (χ4n) is 3.02. The molecular formula is C14H20N2O. The molecule has 2 heterocycles. The summed E-state index contributed by atoms with van der Waals surface area (Å²) in [5.41, 5.74) is 6.47. The van der Waals surface area contributed by atoms with Gasteiger partial charge < -0.3 is 15.4 Å². The Morgan fingerprint density at radius 1 is 1.12 bits per heavy atom. The van der Waals surface area contributed by atoms with Gasteiger partial charge in [-0.2, -0.15) is 0 Å². The van der Waals surface area contributed by atoms with E-state index in [1.54, 1.807) is 0 Å². The Morgan fingerprint density at radius 3 is 2.76 bits per heavy atom. The molecule has 0 amide bonds. The van der Waals surface area contributed by atoms with Crippen LogP contribution in [0.25, 0.3) is 0 Å². The van der Waals surface area contributed by atoms with E-state index in [1.807, 2.05) is 24.3 Å². The van der Waals surface area contributed by atoms with Crippen LogP contribution in [-0.4, -0.2) is 30.6 Å². The topological polar surface area (TPSA) is 38.5 Å². The molecule has 0 spiro atoms. The monoisotopic (exact) mass is 232 g/mol. The van der Waals surface area contributed by atoms with Crippen LogP contribution in [0.4, 0.5) is 5.69 Å². The first kappa shape index (κ1) is 10.9. The fourth-order valence-corrected chi connectivity index (χ4v) is 3.02. The van der Waals surface area contributed by atoms with Gasteiger partial charge in [0.05, 0.1) is 0 Å². The maximum Gasteiger partial charge on any atom is 0.119 e. The van der Waals surface area contributed by atoms with Crippen molar-refractivity contribution in [1.82, 2.24) is 4.90 Å². The van der Waals surface area contributed by atoms with Crippen LogP contribution in [-0.2, 0) is 0 Å². The molecule has 3 heteroatoms. The number of nitrogens with zero attached hydrogens (tertiary/aromatic N) is 1. The van der Waals surface area contributed by atoms with E-state index in [0.717, 1.165) is 23.8 Å². The van der Waals surface area contributed by atoms with Crippen LogP contribution in [0.5, 0.6) is 5.75 Å². The number of piperidine rings is 2. The van der Waals surface area contributed by atoms with Crippen molar-refractivity contribution in [2.75, 3.05) is 25.4 Å². The molecule has 2 N–H and O–H groups in total. The average molecular weight is 232 g/mol. The standard InChI is InChI=1S/C14H20N2O/c15-12-3-5-13(6-4-12)17-14-7-9-16-8-1-2-11(14)10-16/h3-6,11,14H,1-2,7-10,15H2. The highest BCUT2D eigenvalue weighted by molar-refractivity contribution is 5.41. The third kappa shape index (κ3) is 2.39. The van der Waals surface area contributed by atoms with Gasteiger partial charge in [-0.15, -0.1) is 0 Å². The van der Waals surface area contributed by atoms with E-state index in [-0.39, 0.29) is 0 Å². The molecule has 2 saturated heterocycles. The molecule has 3 rings (SSSR count). The number of rotatable bonds is 2. The highest BCUT2D eigenvalue weighted by Gasteiger charge is 2.33. The van der Waals surface area contributed by atoms with Gasteiger partial charge in [0.15, 0.2) is 0 Å². The van der Waals surface area contributed by atoms with Crippen molar-refractivity contribution in [3.05, 3.63) is 24.3 Å². The van der Waals surface area contributed by atoms with Gasteiger partial charge in [0.25, 0.3) is 0 Å². The second-order valence-electron chi connectivity index (χ2n) is 5.22. The Balaban J connectivity index is 1.66. The third-order valence-electron chi connectivity index (χ3n) is 3.97. The second kappa shape index (κ2) is 4.57. The number of nitrogens with two attached hydrogens (primary N) is 1. The Labute approximate surface area is 103 Å². The molecular weight excluding hydrogens is 212 g/mol. The lowest BCUT2D eigenvalue weighted by molar-refractivity contribution is 0.0151. The smallest absolute Gasteiger partial charge is 0.119 e. The van der Waals surface area contributed by atoms with Gasteiger partial charge in [0, 0.05) is 24.7 Å². The Kier molecular flexibility index (Phi) is 2.93. The number of ether oxygens (including phenoxy) is 1. The summed E-state index contributed by atoms with van der Waals surface area (Å²) in [4.78, 5) is 2.57. The number of hydrogen-bond donors (Lipinski definition) is 1. The molecule has 0 aliphatic carbocycles. The SMILES string of the molecule is Nc1ccc(OC2CCN3CCCC2C3)cc1. The van der Waals surface area contributed by atoms with Gasteiger partial charge in [-0.25, -0.2) is 0 Å². The van der Waals surface area contributed by atoms with E-state index >= 15 is 0 Å². The Bertz CT molecular complexity index is 376. The first-order valence-corrected chi connectivity index (χ1v) is 6.56. The Hall–Kier alpha value is -1.22. The molecule has 2 aliphatic heterocycles. The summed E-state index contributed by atoms with van der Waals surface area (Å²) >= 11 is 0. The van der Waals surface area contributed by atoms with Gasteiger partial charge in [-0.1, -0.05) is 0 Å². The van der Waals surface area contributed by atoms with Gasteiger partial charge in [0.2, 0.25) is 0 Å². The van der Waals surface area contributed by atoms with E-state index < -0.39 is 0 Å². The summed E-state index contributed by atoms with van der Waals surface area (Å²) in [6.45, 7) is 3.70. The van der Waals surface area contributed by atoms with Crippen molar-refractivity contribution in [2.45, 2.75) is 25.4 Å². The molecule has 2 aliphatic rings. The summed E-state index contributed by atoms with van der Waals surface area (Å²) in [5, 5.41) is 0. The zero-order valence-corrected chi connectivity index (χ0v) is 10.1. The van der Waals surface area contributed by atoms with E-state index in [4.69, 9.17) is 10.5 Å². The Morgan fingerprint density at radius 2 is 1.94 bits per heavy atom. The van der Waals surface area contributed by atoms with Gasteiger partial charge in [-0.05, 0) is 50.1 Å². The molecule has 3 unspecified atom stereocenters. The first-order valence-electron chi connectivity index (χ1n) is 6.56. The van der Waals surface area contributed by atoms with Gasteiger partial charge in [0.1, 0.15) is 11.9 Å². The highest BCUT2D eigenvalue weighted by Crippen LogP contribution is 2.30. The lowest BCUT2D eigenvalue weighted by atomic mass is 9.87. The molecule has 0 radical (unpaired) electrons. The third-order valence-corrected chi connectivity index (χ3v) is 3.97. The lowest BCUT2D eigenvalue weighted by Crippen LogP contribution is -2.48. The molecule has 2 bridgehead atoms. The second-order valence-corrected chi connectivity index (χ2v) is 5.22. The van der Waals surface area contributed by atoms with Crippen molar-refractivity contribution >= 4 is 5.69 Å². The zero-order valence-electron chi connectivity index (χ0n) is 10.1. The van der Waals surface area contributed by atoms with Crippen LogP contribution in [0.3, 0.4) is 0 Å². The lowest BCUT2D eigenvalue weighted by Gasteiger charge is -2.42. The minimum atomic E-state index is 0.398. The molecule has 2 fully saturated rings. The van der Waals surface area contributed by atoms with Crippen molar-refractivity contribution in [3.63, 3.8) is 0 Å². The highest BCUT2D eigenvalue weighted by atomic mass is 16.5. The van der Waals surface area contributed by atoms with E-state index in [0.29, 0.717) is 6.10 Å². The number of benzene rings is 1. The largest absolute Gasteiger partial charge is 0.490 e. The van der Waals surface area contributed by atoms with E-state index in [2.05, 4.69) is 4.90 Å². The maximum atomic E-state index is 6.11. The maximum absolute atomic E-state index is 6.11. The van der Waals surface area contributed by atoms with Gasteiger partial charge >= 0.3 is 0 Å². The zero-order chi connectivity index (χ0) is 11.7. The van der Waals surface area contributed by atoms with Crippen molar-refractivity contribution in [3.8, 4) is 5.75 Å². The molecule has 0 saturated carbocycles. The normalized spacial score (nSPS) is 32.1. The predicted molar refractivity (Wildman–Crippen MR) is 69.1 cm³/mol. The van der Waals surface area contributed by atoms with E-state index in [9.17, 15) is 0 Å². The molecule has 17 heavy (non-hydrogen) atoms. The van der Waals surface area contributed by atoms with Crippen LogP contribution >= 0.6 is 0 Å². The van der Waals surface area contributed by atoms with Crippen LogP contribution in [0, 0.1) is 5.92 Å². The van der Waals surface area contributed by atoms with Crippen molar-refractivity contribution < 1.29 is 4.74 Å². The molecule has 3 atom stereocenters. The minimum Gasteiger partial charge on any atom is -0.490 e. The number of anilines is 1. The average Bonchev–Trinajstić information content (AvgIpc) is 2.36. The number of hydrogen-bond acceptors (Lipinski definition) is 3. The predicted octanol–water partition coefficient (Wildman–Crippen LogP) is 2.13. The summed E-state index contributed by atoms with van der Waals surface area (Å²) in [7, 11) is 0. The molecule has 1 aromatic carbocycles. The minimum absolute atomic E-state index is 0.398. The number of fused-ring (bicyclic) bond motifs is 2. The summed E-state index contributed by atoms with van der Waals surface area (Å²) in [5.74, 6) is 1.68. The van der Waals surface area contributed by atoms with Crippen LogP contribution < -0.4 is 10.5 Å². The van der Waals surface area contributed by atoms with Crippen molar-refractivity contribution in [1.29, 1.82) is 0 Å². The quantitative estimate of drug-likeness (QED) is 0.794. The molecule has 1 aromatic rings. The van der Waals surface area contributed by atoms with Crippen LogP contribution in [0.15, 0.2) is 24.3 Å². The molecule has 0 aromatic heterocycles. The van der Waals surface area contributed by atoms with Gasteiger partial charge in [-0.3, -0.25) is 0 Å². The number of nitrogen functional groups attached to an aromatic ring is 1. The van der Waals surface area contributed by atoms with Crippen LogP contribution in [0.2, 0.25) is 0 Å². The fraction of sp³-hybridized carbons (Fsp3) is 0.571. The van der Waals surface area contributed by atoms with E-state index in [1.165, 1.54) is 32.5 Å². The summed E-state index contributed by atoms with van der Waals surface area (Å²) in [6.07, 6.45) is 4.20. The van der Waals surface area contributed by atoms with Crippen LogP contribution in [0.1, 0.15) is 19.3 Å². The summed E-state index contributed by atoms with van der Waals surface area (Å²) < 4.78 is 6.11. The molecule has 92 valence electrons. The first-order chi connectivity index (χ1) is 8.31. The molecule has 3 nitrogen and oxygen atoms in total.